The molecule has 12 nitrogen and oxygen atoms in total. The van der Waals surface area contributed by atoms with Crippen LogP contribution in [0.25, 0.3) is 22.3 Å². The SMILES string of the molecule is CCOC(=O)CN1CCN(C(=O)NC2(c3ccccc3)CCN(N(C)C(=O)c3cc(OC)c(OC)c(OC)c3-c3ccc(-c4ccc(F)cc4)cc3)CC2)CC1. The summed E-state index contributed by atoms with van der Waals surface area (Å²) in [4.78, 5) is 44.3. The molecule has 0 atom stereocenters. The number of hydrogen-bond acceptors (Lipinski definition) is 9. The summed E-state index contributed by atoms with van der Waals surface area (Å²) in [7, 11) is 6.30. The molecule has 2 saturated heterocycles. The number of hydrazine groups is 1. The molecular weight excluding hydrogens is 717 g/mol. The third-order valence-corrected chi connectivity index (χ3v) is 10.7. The second-order valence-electron chi connectivity index (χ2n) is 13.9. The Morgan fingerprint density at radius 2 is 1.36 bits per heavy atom. The van der Waals surface area contributed by atoms with Crippen molar-refractivity contribution in [3.63, 3.8) is 0 Å². The highest BCUT2D eigenvalue weighted by atomic mass is 19.1. The molecule has 2 aliphatic rings. The summed E-state index contributed by atoms with van der Waals surface area (Å²) < 4.78 is 36.0. The third-order valence-electron chi connectivity index (χ3n) is 10.7. The number of methoxy groups -OCH3 is 3. The van der Waals surface area contributed by atoms with Gasteiger partial charge in [-0.05, 0) is 60.2 Å². The van der Waals surface area contributed by atoms with E-state index in [1.807, 2.05) is 64.5 Å². The number of piperidine rings is 1. The lowest BCUT2D eigenvalue weighted by Gasteiger charge is -2.46. The maximum atomic E-state index is 14.6. The molecule has 1 N–H and O–H groups in total. The van der Waals surface area contributed by atoms with Gasteiger partial charge in [-0.2, -0.15) is 0 Å². The minimum absolute atomic E-state index is 0.157. The van der Waals surface area contributed by atoms with Crippen LogP contribution in [-0.4, -0.2) is 119 Å². The number of carbonyl (C=O) groups is 3. The largest absolute Gasteiger partial charge is 0.493 e. The molecule has 13 heteroatoms. The van der Waals surface area contributed by atoms with Crippen molar-refractivity contribution < 1.29 is 37.7 Å². The quantitative estimate of drug-likeness (QED) is 0.172. The Labute approximate surface area is 327 Å². The summed E-state index contributed by atoms with van der Waals surface area (Å²) >= 11 is 0. The van der Waals surface area contributed by atoms with Gasteiger partial charge in [-0.3, -0.25) is 19.5 Å². The fourth-order valence-corrected chi connectivity index (χ4v) is 7.59. The number of nitrogens with one attached hydrogen (secondary N) is 1. The van der Waals surface area contributed by atoms with Crippen LogP contribution in [-0.2, 0) is 15.1 Å². The summed E-state index contributed by atoms with van der Waals surface area (Å²) in [6, 6.07) is 25.4. The summed E-state index contributed by atoms with van der Waals surface area (Å²) in [6.45, 7) is 5.44. The van der Waals surface area contributed by atoms with Crippen LogP contribution in [0.5, 0.6) is 17.2 Å². The van der Waals surface area contributed by atoms with Crippen molar-refractivity contribution in [3.8, 4) is 39.5 Å². The first-order valence-electron chi connectivity index (χ1n) is 18.8. The van der Waals surface area contributed by atoms with Crippen LogP contribution in [0.2, 0.25) is 0 Å². The number of carbonyl (C=O) groups excluding carboxylic acids is 3. The zero-order valence-corrected chi connectivity index (χ0v) is 32.7. The monoisotopic (exact) mass is 767 g/mol. The Kier molecular flexibility index (Phi) is 12.8. The Hall–Kier alpha value is -5.66. The van der Waals surface area contributed by atoms with E-state index in [9.17, 15) is 18.8 Å². The molecule has 0 spiro atoms. The zero-order chi connectivity index (χ0) is 39.8. The van der Waals surface area contributed by atoms with Gasteiger partial charge in [0.05, 0.1) is 45.6 Å². The summed E-state index contributed by atoms with van der Waals surface area (Å²) in [5.41, 5.74) is 3.69. The third kappa shape index (κ3) is 8.58. The van der Waals surface area contributed by atoms with E-state index in [0.29, 0.717) is 87.1 Å². The highest BCUT2D eigenvalue weighted by Gasteiger charge is 2.41. The number of ether oxygens (including phenoxy) is 4. The number of hydrogen-bond donors (Lipinski definition) is 1. The van der Waals surface area contributed by atoms with E-state index in [0.717, 1.165) is 22.3 Å². The van der Waals surface area contributed by atoms with Gasteiger partial charge in [0.2, 0.25) is 5.75 Å². The average molecular weight is 768 g/mol. The minimum atomic E-state index is -0.662. The van der Waals surface area contributed by atoms with Crippen LogP contribution in [0.1, 0.15) is 35.7 Å². The van der Waals surface area contributed by atoms with E-state index >= 15 is 0 Å². The van der Waals surface area contributed by atoms with Gasteiger partial charge in [0, 0.05) is 51.9 Å². The molecule has 4 aromatic rings. The van der Waals surface area contributed by atoms with E-state index in [2.05, 4.69) is 5.32 Å². The lowest BCUT2D eigenvalue weighted by molar-refractivity contribution is -0.144. The Morgan fingerprint density at radius 1 is 0.768 bits per heavy atom. The van der Waals surface area contributed by atoms with E-state index in [-0.39, 0.29) is 30.3 Å². The summed E-state index contributed by atoms with van der Waals surface area (Å²) in [5, 5.41) is 7.00. The van der Waals surface area contributed by atoms with Crippen molar-refractivity contribution in [2.75, 3.05) is 80.8 Å². The summed E-state index contributed by atoms with van der Waals surface area (Å²) in [6.07, 6.45) is 1.10. The topological polar surface area (TPSA) is 113 Å². The van der Waals surface area contributed by atoms with Crippen LogP contribution >= 0.6 is 0 Å². The number of rotatable bonds is 12. The molecule has 296 valence electrons. The number of benzene rings is 4. The van der Waals surface area contributed by atoms with Crippen molar-refractivity contribution in [2.45, 2.75) is 25.3 Å². The van der Waals surface area contributed by atoms with Crippen molar-refractivity contribution >= 4 is 17.9 Å². The highest BCUT2D eigenvalue weighted by Crippen LogP contribution is 2.47. The van der Waals surface area contributed by atoms with Crippen LogP contribution in [0, 0.1) is 5.82 Å². The zero-order valence-electron chi connectivity index (χ0n) is 32.7. The molecule has 56 heavy (non-hydrogen) atoms. The Balaban J connectivity index is 1.22. The molecule has 0 radical (unpaired) electrons. The van der Waals surface area contributed by atoms with Gasteiger partial charge in [-0.15, -0.1) is 0 Å². The first-order valence-corrected chi connectivity index (χ1v) is 18.8. The van der Waals surface area contributed by atoms with E-state index in [1.54, 1.807) is 42.1 Å². The number of esters is 1. The number of nitrogens with zero attached hydrogens (tertiary/aromatic N) is 4. The molecule has 6 rings (SSSR count). The molecule has 0 aliphatic carbocycles. The second-order valence-corrected chi connectivity index (χ2v) is 13.9. The second kappa shape index (κ2) is 17.9. The van der Waals surface area contributed by atoms with Crippen molar-refractivity contribution in [2.24, 2.45) is 0 Å². The minimum Gasteiger partial charge on any atom is -0.493 e. The fourth-order valence-electron chi connectivity index (χ4n) is 7.59. The maximum Gasteiger partial charge on any atom is 0.320 e. The van der Waals surface area contributed by atoms with Crippen molar-refractivity contribution in [1.29, 1.82) is 0 Å². The summed E-state index contributed by atoms with van der Waals surface area (Å²) in [5.74, 6) is 0.203. The van der Waals surface area contributed by atoms with Gasteiger partial charge < -0.3 is 29.2 Å². The number of amides is 3. The highest BCUT2D eigenvalue weighted by molar-refractivity contribution is 6.04. The van der Waals surface area contributed by atoms with Crippen LogP contribution in [0.4, 0.5) is 9.18 Å². The molecule has 0 aromatic heterocycles. The molecule has 2 fully saturated rings. The molecule has 0 unspecified atom stereocenters. The standard InChI is InChI=1S/C43H50FN5O7/c1-6-56-37(50)29-47-24-26-48(27-25-47)42(52)45-43(33-10-8-7-9-11-33)20-22-49(23-21-43)46(2)41(51)35-28-36(53-3)39(54-4)40(55-5)38(35)32-14-12-30(13-15-32)31-16-18-34(44)19-17-31/h7-19,28H,6,20-27,29H2,1-5H3,(H,45,52). The number of piperazine rings is 1. The van der Waals surface area contributed by atoms with Crippen LogP contribution in [0.3, 0.4) is 0 Å². The number of halogens is 1. The number of urea groups is 1. The molecule has 0 saturated carbocycles. The van der Waals surface area contributed by atoms with E-state index < -0.39 is 5.54 Å². The molecule has 0 bridgehead atoms. The van der Waals surface area contributed by atoms with Gasteiger partial charge in [-0.25, -0.2) is 14.2 Å². The van der Waals surface area contributed by atoms with E-state index in [1.165, 1.54) is 33.5 Å². The maximum absolute atomic E-state index is 14.6. The lowest BCUT2D eigenvalue weighted by Crippen LogP contribution is -2.60. The molecule has 4 aromatic carbocycles. The van der Waals surface area contributed by atoms with Gasteiger partial charge in [-0.1, -0.05) is 66.7 Å². The molecule has 2 aliphatic heterocycles. The normalized spacial score (nSPS) is 15.8. The van der Waals surface area contributed by atoms with Crippen LogP contribution < -0.4 is 19.5 Å². The first-order chi connectivity index (χ1) is 27.1. The Bertz CT molecular complexity index is 1980. The molecule has 2 heterocycles. The van der Waals surface area contributed by atoms with Crippen LogP contribution in [0.15, 0.2) is 84.9 Å². The predicted molar refractivity (Wildman–Crippen MR) is 211 cm³/mol. The average Bonchev–Trinajstić information content (AvgIpc) is 3.23. The smallest absolute Gasteiger partial charge is 0.320 e. The first kappa shape index (κ1) is 40.0. The van der Waals surface area contributed by atoms with Crippen molar-refractivity contribution in [1.82, 2.24) is 25.1 Å². The Morgan fingerprint density at radius 3 is 1.93 bits per heavy atom. The predicted octanol–water partition coefficient (Wildman–Crippen LogP) is 6.05. The van der Waals surface area contributed by atoms with Crippen molar-refractivity contribution in [3.05, 3.63) is 102 Å². The van der Waals surface area contributed by atoms with E-state index in [4.69, 9.17) is 18.9 Å². The van der Waals surface area contributed by atoms with Gasteiger partial charge in [0.15, 0.2) is 11.5 Å². The fraction of sp³-hybridized carbons (Fsp3) is 0.372. The molecule has 3 amide bonds. The van der Waals surface area contributed by atoms with Gasteiger partial charge in [0.1, 0.15) is 5.82 Å². The molecular formula is C43H50FN5O7. The van der Waals surface area contributed by atoms with Gasteiger partial charge >= 0.3 is 12.0 Å². The lowest BCUT2D eigenvalue weighted by atomic mass is 9.81. The van der Waals surface area contributed by atoms with Gasteiger partial charge in [0.25, 0.3) is 5.91 Å².